The van der Waals surface area contributed by atoms with Crippen molar-refractivity contribution in [1.82, 2.24) is 5.32 Å². The van der Waals surface area contributed by atoms with Gasteiger partial charge in [-0.1, -0.05) is 29.3 Å². The van der Waals surface area contributed by atoms with Crippen LogP contribution in [0.1, 0.15) is 24.8 Å². The number of hydrogen-bond acceptors (Lipinski definition) is 2. The van der Waals surface area contributed by atoms with Crippen molar-refractivity contribution < 1.29 is 4.74 Å². The highest BCUT2D eigenvalue weighted by Crippen LogP contribution is 2.25. The molecule has 0 spiro atoms. The Morgan fingerprint density at radius 2 is 2.05 bits per heavy atom. The fourth-order valence-corrected chi connectivity index (χ4v) is 3.13. The summed E-state index contributed by atoms with van der Waals surface area (Å²) in [5.41, 5.74) is 1.16. The second-order valence-electron chi connectivity index (χ2n) is 5.22. The quantitative estimate of drug-likeness (QED) is 0.889. The van der Waals surface area contributed by atoms with Crippen LogP contribution >= 0.6 is 23.2 Å². The van der Waals surface area contributed by atoms with Gasteiger partial charge >= 0.3 is 0 Å². The molecule has 0 aliphatic carbocycles. The van der Waals surface area contributed by atoms with Crippen LogP contribution in [0.2, 0.25) is 10.0 Å². The molecule has 2 nitrogen and oxygen atoms in total. The standard InChI is InChI=1S/C15H21Cl2NO/c1-18-14(8-11-4-6-19-7-5-11)9-12-2-3-13(16)10-15(12)17/h2-3,10-11,14,18H,4-9H2,1H3. The van der Waals surface area contributed by atoms with E-state index in [9.17, 15) is 0 Å². The van der Waals surface area contributed by atoms with E-state index in [2.05, 4.69) is 5.32 Å². The largest absolute Gasteiger partial charge is 0.381 e. The predicted molar refractivity (Wildman–Crippen MR) is 81.2 cm³/mol. The highest BCUT2D eigenvalue weighted by molar-refractivity contribution is 6.35. The number of likely N-dealkylation sites (N-methyl/N-ethyl adjacent to an activating group) is 1. The zero-order valence-electron chi connectivity index (χ0n) is 11.3. The van der Waals surface area contributed by atoms with Crippen LogP contribution in [0.4, 0.5) is 0 Å². The van der Waals surface area contributed by atoms with Crippen LogP contribution in [0, 0.1) is 5.92 Å². The minimum atomic E-state index is 0.460. The van der Waals surface area contributed by atoms with Gasteiger partial charge in [-0.05, 0) is 56.3 Å². The second kappa shape index (κ2) is 7.49. The Hall–Kier alpha value is -0.280. The molecular weight excluding hydrogens is 281 g/mol. The van der Waals surface area contributed by atoms with Crippen LogP contribution < -0.4 is 5.32 Å². The minimum Gasteiger partial charge on any atom is -0.381 e. The third-order valence-electron chi connectivity index (χ3n) is 3.85. The first kappa shape index (κ1) is 15.1. The molecule has 19 heavy (non-hydrogen) atoms. The summed E-state index contributed by atoms with van der Waals surface area (Å²) in [7, 11) is 2.02. The third kappa shape index (κ3) is 4.64. The number of rotatable bonds is 5. The van der Waals surface area contributed by atoms with E-state index in [0.29, 0.717) is 11.1 Å². The van der Waals surface area contributed by atoms with E-state index in [1.54, 1.807) is 0 Å². The molecule has 1 heterocycles. The van der Waals surface area contributed by atoms with Gasteiger partial charge in [0.15, 0.2) is 0 Å². The summed E-state index contributed by atoms with van der Waals surface area (Å²) in [4.78, 5) is 0. The van der Waals surface area contributed by atoms with E-state index in [1.165, 1.54) is 19.3 Å². The lowest BCUT2D eigenvalue weighted by molar-refractivity contribution is 0.0608. The molecule has 1 aromatic rings. The summed E-state index contributed by atoms with van der Waals surface area (Å²) < 4.78 is 5.41. The minimum absolute atomic E-state index is 0.460. The lowest BCUT2D eigenvalue weighted by Gasteiger charge is -2.26. The molecule has 1 aliphatic heterocycles. The van der Waals surface area contributed by atoms with Crippen molar-refractivity contribution in [3.8, 4) is 0 Å². The third-order valence-corrected chi connectivity index (χ3v) is 4.44. The highest BCUT2D eigenvalue weighted by Gasteiger charge is 2.19. The van der Waals surface area contributed by atoms with Crippen LogP contribution in [0.25, 0.3) is 0 Å². The number of halogens is 2. The van der Waals surface area contributed by atoms with E-state index >= 15 is 0 Å². The zero-order valence-corrected chi connectivity index (χ0v) is 12.8. The first-order valence-corrected chi connectivity index (χ1v) is 7.63. The van der Waals surface area contributed by atoms with Gasteiger partial charge in [-0.2, -0.15) is 0 Å². The summed E-state index contributed by atoms with van der Waals surface area (Å²) in [6.45, 7) is 1.81. The Labute approximate surface area is 125 Å². The van der Waals surface area contributed by atoms with Crippen LogP contribution in [0.15, 0.2) is 18.2 Å². The van der Waals surface area contributed by atoms with Crippen LogP contribution in [-0.4, -0.2) is 26.3 Å². The normalized spacial score (nSPS) is 18.5. The molecule has 0 amide bonds. The Balaban J connectivity index is 1.94. The molecule has 1 aliphatic rings. The number of ether oxygens (including phenoxy) is 1. The maximum atomic E-state index is 6.24. The molecule has 0 radical (unpaired) electrons. The van der Waals surface area contributed by atoms with Crippen LogP contribution in [0.3, 0.4) is 0 Å². The molecule has 1 saturated heterocycles. The molecule has 0 bridgehead atoms. The van der Waals surface area contributed by atoms with Crippen molar-refractivity contribution in [1.29, 1.82) is 0 Å². The van der Waals surface area contributed by atoms with Gasteiger partial charge in [-0.15, -0.1) is 0 Å². The fraction of sp³-hybridized carbons (Fsp3) is 0.600. The maximum Gasteiger partial charge on any atom is 0.0468 e. The van der Waals surface area contributed by atoms with Crippen molar-refractivity contribution in [3.63, 3.8) is 0 Å². The predicted octanol–water partition coefficient (Wildman–Crippen LogP) is 3.94. The summed E-state index contributed by atoms with van der Waals surface area (Å²) in [6.07, 6.45) is 4.47. The molecule has 1 aromatic carbocycles. The van der Waals surface area contributed by atoms with Gasteiger partial charge in [0, 0.05) is 29.3 Å². The van der Waals surface area contributed by atoms with E-state index in [-0.39, 0.29) is 0 Å². The lowest BCUT2D eigenvalue weighted by Crippen LogP contribution is -2.32. The van der Waals surface area contributed by atoms with Gasteiger partial charge in [0.2, 0.25) is 0 Å². The Bertz CT molecular complexity index is 405. The van der Waals surface area contributed by atoms with Gasteiger partial charge in [0.25, 0.3) is 0 Å². The smallest absolute Gasteiger partial charge is 0.0468 e. The van der Waals surface area contributed by atoms with Crippen LogP contribution in [0.5, 0.6) is 0 Å². The van der Waals surface area contributed by atoms with Gasteiger partial charge in [0.05, 0.1) is 0 Å². The van der Waals surface area contributed by atoms with Crippen molar-refractivity contribution >= 4 is 23.2 Å². The van der Waals surface area contributed by atoms with Gasteiger partial charge in [0.1, 0.15) is 0 Å². The Morgan fingerprint density at radius 3 is 2.68 bits per heavy atom. The van der Waals surface area contributed by atoms with Crippen molar-refractivity contribution in [2.24, 2.45) is 5.92 Å². The molecule has 1 atom stereocenters. The lowest BCUT2D eigenvalue weighted by atomic mass is 9.90. The summed E-state index contributed by atoms with van der Waals surface area (Å²) in [5, 5.41) is 4.86. The average Bonchev–Trinajstić information content (AvgIpc) is 2.42. The molecule has 1 unspecified atom stereocenters. The van der Waals surface area contributed by atoms with E-state index < -0.39 is 0 Å². The SMILES string of the molecule is CNC(Cc1ccc(Cl)cc1Cl)CC1CCOCC1. The van der Waals surface area contributed by atoms with E-state index in [0.717, 1.165) is 36.1 Å². The molecular formula is C15H21Cl2NO. The monoisotopic (exact) mass is 301 g/mol. The molecule has 1 N–H and O–H groups in total. The van der Waals surface area contributed by atoms with Crippen LogP contribution in [-0.2, 0) is 11.2 Å². The van der Waals surface area contributed by atoms with Gasteiger partial charge < -0.3 is 10.1 Å². The molecule has 0 aromatic heterocycles. The van der Waals surface area contributed by atoms with Crippen molar-refractivity contribution in [2.75, 3.05) is 20.3 Å². The first-order valence-electron chi connectivity index (χ1n) is 6.88. The maximum absolute atomic E-state index is 6.24. The molecule has 1 fully saturated rings. The number of hydrogen-bond donors (Lipinski definition) is 1. The first-order chi connectivity index (χ1) is 9.19. The summed E-state index contributed by atoms with van der Waals surface area (Å²) in [5.74, 6) is 0.761. The molecule has 0 saturated carbocycles. The molecule has 2 rings (SSSR count). The average molecular weight is 302 g/mol. The Kier molecular flexibility index (Phi) is 5.96. The zero-order chi connectivity index (χ0) is 13.7. The summed E-state index contributed by atoms with van der Waals surface area (Å²) in [6, 6.07) is 6.21. The number of benzene rings is 1. The second-order valence-corrected chi connectivity index (χ2v) is 6.06. The highest BCUT2D eigenvalue weighted by atomic mass is 35.5. The van der Waals surface area contributed by atoms with E-state index in [1.807, 2.05) is 25.2 Å². The van der Waals surface area contributed by atoms with Gasteiger partial charge in [-0.25, -0.2) is 0 Å². The van der Waals surface area contributed by atoms with E-state index in [4.69, 9.17) is 27.9 Å². The van der Waals surface area contributed by atoms with Crippen molar-refractivity contribution in [3.05, 3.63) is 33.8 Å². The topological polar surface area (TPSA) is 21.3 Å². The summed E-state index contributed by atoms with van der Waals surface area (Å²) >= 11 is 12.2. The number of nitrogens with one attached hydrogen (secondary N) is 1. The molecule has 4 heteroatoms. The Morgan fingerprint density at radius 1 is 1.32 bits per heavy atom. The van der Waals surface area contributed by atoms with Gasteiger partial charge in [-0.3, -0.25) is 0 Å². The molecule has 106 valence electrons. The van der Waals surface area contributed by atoms with Crippen molar-refractivity contribution in [2.45, 2.75) is 31.7 Å². The fourth-order valence-electron chi connectivity index (χ4n) is 2.64.